The molecule has 0 aromatic carbocycles. The highest BCUT2D eigenvalue weighted by molar-refractivity contribution is 7.84. The van der Waals surface area contributed by atoms with Crippen LogP contribution in [-0.2, 0) is 25.4 Å². The summed E-state index contributed by atoms with van der Waals surface area (Å²) in [6, 6.07) is -0.519. The first-order valence-electron chi connectivity index (χ1n) is 13.8. The molecule has 4 atom stereocenters. The van der Waals surface area contributed by atoms with Crippen molar-refractivity contribution >= 4 is 34.6 Å². The van der Waals surface area contributed by atoms with Crippen molar-refractivity contribution in [3.63, 3.8) is 0 Å². The summed E-state index contributed by atoms with van der Waals surface area (Å²) in [6.07, 6.45) is 1.96. The standard InChI is InChI=1S/C26H37F2N5O6S/c1-16-15-19(31-39-16)21(34)29-18-7-4-3-5-11-26(27,28)13-12-25(2,24(37)32-40(38)17-9-10-17)30-22(35)20-8-6-14-33(20)23(18)36/h15,17-18,20H,3-14H2,1-2H3,(H,29,34)(H,30,35)(H,32,37)/t18-,20?,25+,40?/m0/s1. The SMILES string of the molecule is Cc1cc(C(=O)N[C@H]2CCCCCC(F)(F)CC[C@](C)(C(=O)NS(=O)C3CC3)NC(=O)C3CCCN3C2=O)no1. The molecule has 3 heterocycles. The smallest absolute Gasteiger partial charge is 0.274 e. The number of carbonyl (C=O) groups is 4. The van der Waals surface area contributed by atoms with Gasteiger partial charge in [0.2, 0.25) is 17.7 Å². The van der Waals surface area contributed by atoms with Crippen LogP contribution in [0.4, 0.5) is 8.78 Å². The van der Waals surface area contributed by atoms with Gasteiger partial charge in [-0.15, -0.1) is 0 Å². The zero-order valence-electron chi connectivity index (χ0n) is 22.8. The van der Waals surface area contributed by atoms with Crippen molar-refractivity contribution < 1.29 is 36.7 Å². The maximum atomic E-state index is 14.8. The number of fused-ring (bicyclic) bond motifs is 1. The Morgan fingerprint density at radius 1 is 1.10 bits per heavy atom. The van der Waals surface area contributed by atoms with E-state index in [1.54, 1.807) is 6.92 Å². The van der Waals surface area contributed by atoms with Crippen molar-refractivity contribution in [3.8, 4) is 0 Å². The first kappa shape index (κ1) is 30.1. The third-order valence-electron chi connectivity index (χ3n) is 7.75. The zero-order valence-corrected chi connectivity index (χ0v) is 23.6. The van der Waals surface area contributed by atoms with E-state index in [0.29, 0.717) is 44.3 Å². The van der Waals surface area contributed by atoms with Crippen LogP contribution in [0, 0.1) is 6.92 Å². The van der Waals surface area contributed by atoms with Gasteiger partial charge in [-0.3, -0.25) is 23.9 Å². The summed E-state index contributed by atoms with van der Waals surface area (Å²) in [5.41, 5.74) is -1.76. The molecule has 2 saturated heterocycles. The van der Waals surface area contributed by atoms with Crippen molar-refractivity contribution in [3.05, 3.63) is 17.5 Å². The molecule has 2 aliphatic heterocycles. The third-order valence-corrected chi connectivity index (χ3v) is 9.21. The van der Waals surface area contributed by atoms with Gasteiger partial charge < -0.3 is 20.1 Å². The van der Waals surface area contributed by atoms with Gasteiger partial charge in [0.15, 0.2) is 5.69 Å². The number of amides is 4. The van der Waals surface area contributed by atoms with Crippen LogP contribution in [0.15, 0.2) is 10.6 Å². The Hall–Kier alpha value is -2.90. The molecule has 3 N–H and O–H groups in total. The number of carbonyl (C=O) groups excluding carboxylic acids is 4. The maximum absolute atomic E-state index is 14.8. The highest BCUT2D eigenvalue weighted by Crippen LogP contribution is 2.32. The number of aromatic nitrogens is 1. The molecule has 4 rings (SSSR count). The molecule has 0 bridgehead atoms. The van der Waals surface area contributed by atoms with Crippen molar-refractivity contribution in [1.29, 1.82) is 0 Å². The van der Waals surface area contributed by atoms with Crippen LogP contribution in [0.1, 0.15) is 93.8 Å². The number of hydrogen-bond donors (Lipinski definition) is 3. The molecule has 1 aromatic rings. The fraction of sp³-hybridized carbons (Fsp3) is 0.731. The Morgan fingerprint density at radius 2 is 1.85 bits per heavy atom. The molecule has 3 fully saturated rings. The molecule has 4 amide bonds. The lowest BCUT2D eigenvalue weighted by Gasteiger charge is -2.34. The second-order valence-electron chi connectivity index (χ2n) is 11.2. The van der Waals surface area contributed by atoms with Gasteiger partial charge in [-0.1, -0.05) is 18.0 Å². The highest BCUT2D eigenvalue weighted by Gasteiger charge is 2.45. The van der Waals surface area contributed by atoms with Crippen LogP contribution < -0.4 is 15.4 Å². The van der Waals surface area contributed by atoms with Gasteiger partial charge >= 0.3 is 0 Å². The number of aryl methyl sites for hydroxylation is 1. The fourth-order valence-corrected chi connectivity index (χ4v) is 6.23. The molecule has 1 aliphatic carbocycles. The predicted molar refractivity (Wildman–Crippen MR) is 140 cm³/mol. The number of alkyl halides is 2. The van der Waals surface area contributed by atoms with E-state index in [0.717, 1.165) is 0 Å². The molecule has 40 heavy (non-hydrogen) atoms. The summed E-state index contributed by atoms with van der Waals surface area (Å²) in [4.78, 5) is 54.5. The molecule has 11 nitrogen and oxygen atoms in total. The Morgan fingerprint density at radius 3 is 2.52 bits per heavy atom. The molecule has 0 spiro atoms. The first-order chi connectivity index (χ1) is 18.9. The normalized spacial score (nSPS) is 28.9. The lowest BCUT2D eigenvalue weighted by atomic mass is 9.91. The lowest BCUT2D eigenvalue weighted by Crippen LogP contribution is -2.61. The molecule has 14 heteroatoms. The van der Waals surface area contributed by atoms with Crippen molar-refractivity contribution in [2.24, 2.45) is 0 Å². The van der Waals surface area contributed by atoms with Crippen LogP contribution in [0.5, 0.6) is 0 Å². The van der Waals surface area contributed by atoms with Crippen LogP contribution in [0.2, 0.25) is 0 Å². The van der Waals surface area contributed by atoms with E-state index in [-0.39, 0.29) is 36.8 Å². The summed E-state index contributed by atoms with van der Waals surface area (Å²) in [7, 11) is -1.67. The summed E-state index contributed by atoms with van der Waals surface area (Å²) in [5.74, 6) is -5.20. The molecule has 1 aromatic heterocycles. The molecule has 0 radical (unpaired) electrons. The van der Waals surface area contributed by atoms with Crippen molar-refractivity contribution in [1.82, 2.24) is 25.4 Å². The molecular formula is C26H37F2N5O6S. The highest BCUT2D eigenvalue weighted by atomic mass is 32.2. The molecule has 222 valence electrons. The maximum Gasteiger partial charge on any atom is 0.274 e. The average Bonchev–Trinajstić information content (AvgIpc) is 3.47. The topological polar surface area (TPSA) is 151 Å². The molecular weight excluding hydrogens is 548 g/mol. The zero-order chi connectivity index (χ0) is 29.1. The molecule has 2 unspecified atom stereocenters. The monoisotopic (exact) mass is 585 g/mol. The van der Waals surface area contributed by atoms with E-state index in [2.05, 4.69) is 20.5 Å². The summed E-state index contributed by atoms with van der Waals surface area (Å²) >= 11 is 0. The van der Waals surface area contributed by atoms with Crippen LogP contribution in [0.25, 0.3) is 0 Å². The van der Waals surface area contributed by atoms with Gasteiger partial charge in [-0.05, 0) is 58.8 Å². The van der Waals surface area contributed by atoms with Crippen LogP contribution in [-0.4, -0.2) is 73.2 Å². The van der Waals surface area contributed by atoms with Gasteiger partial charge in [-0.2, -0.15) is 0 Å². The van der Waals surface area contributed by atoms with E-state index in [1.165, 1.54) is 17.9 Å². The quantitative estimate of drug-likeness (QED) is 0.480. The summed E-state index contributed by atoms with van der Waals surface area (Å²) in [5, 5.41) is 8.80. The van der Waals surface area contributed by atoms with Crippen molar-refractivity contribution in [2.75, 3.05) is 6.54 Å². The lowest BCUT2D eigenvalue weighted by molar-refractivity contribution is -0.142. The van der Waals surface area contributed by atoms with Crippen LogP contribution in [0.3, 0.4) is 0 Å². The van der Waals surface area contributed by atoms with E-state index in [4.69, 9.17) is 4.52 Å². The minimum Gasteiger partial charge on any atom is -0.361 e. The number of nitrogens with one attached hydrogen (secondary N) is 3. The summed E-state index contributed by atoms with van der Waals surface area (Å²) < 4.78 is 49.4. The number of halogens is 2. The van der Waals surface area contributed by atoms with E-state index >= 15 is 0 Å². The molecule has 3 aliphatic rings. The average molecular weight is 586 g/mol. The Kier molecular flexibility index (Phi) is 9.26. The Labute approximate surface area is 234 Å². The minimum absolute atomic E-state index is 0.00177. The predicted octanol–water partition coefficient (Wildman–Crippen LogP) is 2.27. The number of nitrogens with zero attached hydrogens (tertiary/aromatic N) is 2. The largest absolute Gasteiger partial charge is 0.361 e. The first-order valence-corrected chi connectivity index (χ1v) is 15.1. The molecule has 1 saturated carbocycles. The van der Waals surface area contributed by atoms with Gasteiger partial charge in [0.25, 0.3) is 11.8 Å². The minimum atomic E-state index is -3.09. The van der Waals surface area contributed by atoms with Gasteiger partial charge in [0.1, 0.15) is 34.4 Å². The van der Waals surface area contributed by atoms with E-state index < -0.39 is 71.0 Å². The van der Waals surface area contributed by atoms with Crippen LogP contribution >= 0.6 is 0 Å². The van der Waals surface area contributed by atoms with Gasteiger partial charge in [0, 0.05) is 25.5 Å². The fourth-order valence-electron chi connectivity index (χ4n) is 5.09. The van der Waals surface area contributed by atoms with Gasteiger partial charge in [-0.25, -0.2) is 13.0 Å². The second kappa shape index (κ2) is 12.3. The number of hydrogen-bond acceptors (Lipinski definition) is 7. The second-order valence-corrected chi connectivity index (χ2v) is 12.7. The Balaban J connectivity index is 1.57. The number of rotatable bonds is 5. The summed E-state index contributed by atoms with van der Waals surface area (Å²) in [6.45, 7) is 3.24. The van der Waals surface area contributed by atoms with E-state index in [1.807, 2.05) is 0 Å². The Bertz CT molecular complexity index is 1160. The third kappa shape index (κ3) is 7.43. The van der Waals surface area contributed by atoms with Crippen molar-refractivity contribution in [2.45, 2.75) is 113 Å². The van der Waals surface area contributed by atoms with Gasteiger partial charge in [0.05, 0.1) is 5.25 Å². The van der Waals surface area contributed by atoms with E-state index in [9.17, 15) is 32.2 Å².